The number of fused-ring (bicyclic) bond motifs is 2. The standard InChI is InChI=1S/C15H19NO2/c1-18-15-5-3-2-4-12(15)11-6-8-16-9-7-14(17)13(11)10-16/h2-6,13-14,17H,7-10H2,1H3/t13-,14-/m1/s1. The third-order valence-electron chi connectivity index (χ3n) is 4.05. The lowest BCUT2D eigenvalue weighted by Gasteiger charge is -2.41. The van der Waals surface area contributed by atoms with Crippen LogP contribution in [0.15, 0.2) is 30.3 Å². The average Bonchev–Trinajstić information content (AvgIpc) is 2.43. The minimum Gasteiger partial charge on any atom is -0.496 e. The van der Waals surface area contributed by atoms with Crippen molar-refractivity contribution in [2.24, 2.45) is 5.92 Å². The number of aliphatic hydroxyl groups is 1. The number of hydrogen-bond acceptors (Lipinski definition) is 3. The van der Waals surface area contributed by atoms with Crippen molar-refractivity contribution in [1.29, 1.82) is 0 Å². The first-order valence-corrected chi connectivity index (χ1v) is 6.53. The molecule has 3 atom stereocenters. The number of aliphatic hydroxyl groups excluding tert-OH is 1. The molecule has 0 spiro atoms. The van der Waals surface area contributed by atoms with Gasteiger partial charge in [-0.3, -0.25) is 4.90 Å². The Morgan fingerprint density at radius 3 is 3.00 bits per heavy atom. The van der Waals surface area contributed by atoms with Gasteiger partial charge in [0.05, 0.1) is 13.2 Å². The third kappa shape index (κ3) is 1.93. The van der Waals surface area contributed by atoms with E-state index in [9.17, 15) is 5.11 Å². The second kappa shape index (κ2) is 4.75. The first kappa shape index (κ1) is 11.8. The van der Waals surface area contributed by atoms with Gasteiger partial charge in [0, 0.05) is 31.1 Å². The molecule has 1 unspecified atom stereocenters. The molecule has 1 fully saturated rings. The van der Waals surface area contributed by atoms with Gasteiger partial charge in [-0.25, -0.2) is 0 Å². The van der Waals surface area contributed by atoms with Crippen molar-refractivity contribution in [3.63, 3.8) is 0 Å². The first-order valence-electron chi connectivity index (χ1n) is 6.53. The molecule has 3 nitrogen and oxygen atoms in total. The average molecular weight is 245 g/mol. The predicted octanol–water partition coefficient (Wildman–Crippen LogP) is 1.77. The van der Waals surface area contributed by atoms with E-state index in [1.807, 2.05) is 18.2 Å². The molecule has 2 bridgehead atoms. The fourth-order valence-corrected chi connectivity index (χ4v) is 3.05. The summed E-state index contributed by atoms with van der Waals surface area (Å²) in [5, 5.41) is 10.2. The van der Waals surface area contributed by atoms with Gasteiger partial charge in [0.2, 0.25) is 0 Å². The van der Waals surface area contributed by atoms with Crippen LogP contribution < -0.4 is 4.74 Å². The second-order valence-corrected chi connectivity index (χ2v) is 5.08. The summed E-state index contributed by atoms with van der Waals surface area (Å²) < 4.78 is 5.44. The number of piperidine rings is 1. The van der Waals surface area contributed by atoms with Gasteiger partial charge in [-0.05, 0) is 18.1 Å². The van der Waals surface area contributed by atoms with Crippen LogP contribution in [0, 0.1) is 5.92 Å². The molecule has 3 rings (SSSR count). The molecule has 3 heteroatoms. The summed E-state index contributed by atoms with van der Waals surface area (Å²) in [7, 11) is 1.70. The van der Waals surface area contributed by atoms with Crippen molar-refractivity contribution in [2.75, 3.05) is 26.7 Å². The molecule has 0 aromatic heterocycles. The number of para-hydroxylation sites is 1. The molecule has 0 aliphatic carbocycles. The largest absolute Gasteiger partial charge is 0.496 e. The zero-order chi connectivity index (χ0) is 12.5. The van der Waals surface area contributed by atoms with Crippen LogP contribution in [-0.2, 0) is 0 Å². The van der Waals surface area contributed by atoms with Gasteiger partial charge in [0.15, 0.2) is 0 Å². The molecule has 18 heavy (non-hydrogen) atoms. The molecule has 1 saturated heterocycles. The summed E-state index contributed by atoms with van der Waals surface area (Å²) in [5.74, 6) is 1.12. The zero-order valence-corrected chi connectivity index (χ0v) is 10.7. The summed E-state index contributed by atoms with van der Waals surface area (Å²) in [5.41, 5.74) is 2.38. The highest BCUT2D eigenvalue weighted by Gasteiger charge is 2.34. The van der Waals surface area contributed by atoms with Gasteiger partial charge >= 0.3 is 0 Å². The minimum atomic E-state index is -0.224. The number of ether oxygens (including phenoxy) is 1. The van der Waals surface area contributed by atoms with Gasteiger partial charge in [-0.2, -0.15) is 0 Å². The van der Waals surface area contributed by atoms with Crippen molar-refractivity contribution in [3.05, 3.63) is 35.9 Å². The first-order chi connectivity index (χ1) is 8.79. The lowest BCUT2D eigenvalue weighted by molar-refractivity contribution is 0.0508. The normalized spacial score (nSPS) is 30.8. The summed E-state index contributed by atoms with van der Waals surface area (Å²) in [6, 6.07) is 8.08. The van der Waals surface area contributed by atoms with Crippen molar-refractivity contribution in [2.45, 2.75) is 12.5 Å². The fraction of sp³-hybridized carbons (Fsp3) is 0.467. The Kier molecular flexibility index (Phi) is 3.10. The smallest absolute Gasteiger partial charge is 0.126 e. The molecule has 2 aliphatic heterocycles. The Bertz CT molecular complexity index is 469. The summed E-state index contributed by atoms with van der Waals surface area (Å²) in [6.07, 6.45) is 2.89. The summed E-state index contributed by atoms with van der Waals surface area (Å²) >= 11 is 0. The van der Waals surface area contributed by atoms with Crippen LogP contribution in [0.1, 0.15) is 12.0 Å². The Labute approximate surface area is 108 Å². The number of benzene rings is 1. The maximum atomic E-state index is 10.2. The van der Waals surface area contributed by atoms with Crippen LogP contribution >= 0.6 is 0 Å². The van der Waals surface area contributed by atoms with E-state index in [0.29, 0.717) is 0 Å². The third-order valence-corrected chi connectivity index (χ3v) is 4.05. The van der Waals surface area contributed by atoms with Crippen molar-refractivity contribution in [3.8, 4) is 5.75 Å². The van der Waals surface area contributed by atoms with Crippen molar-refractivity contribution < 1.29 is 9.84 Å². The predicted molar refractivity (Wildman–Crippen MR) is 71.5 cm³/mol. The molecule has 1 aromatic rings. The summed E-state index contributed by atoms with van der Waals surface area (Å²) in [6.45, 7) is 2.95. The van der Waals surface area contributed by atoms with Crippen molar-refractivity contribution >= 4 is 5.57 Å². The van der Waals surface area contributed by atoms with E-state index < -0.39 is 0 Å². The van der Waals surface area contributed by atoms with E-state index in [4.69, 9.17) is 4.74 Å². The highest BCUT2D eigenvalue weighted by atomic mass is 16.5. The lowest BCUT2D eigenvalue weighted by Crippen LogP contribution is -2.46. The van der Waals surface area contributed by atoms with Gasteiger partial charge in [0.1, 0.15) is 5.75 Å². The molecule has 2 heterocycles. The van der Waals surface area contributed by atoms with Crippen molar-refractivity contribution in [1.82, 2.24) is 4.90 Å². The van der Waals surface area contributed by atoms with E-state index in [0.717, 1.165) is 37.4 Å². The molecular weight excluding hydrogens is 226 g/mol. The molecule has 0 radical (unpaired) electrons. The summed E-state index contributed by atoms with van der Waals surface area (Å²) in [4.78, 5) is 2.40. The highest BCUT2D eigenvalue weighted by Crippen LogP contribution is 2.37. The fourth-order valence-electron chi connectivity index (χ4n) is 3.05. The van der Waals surface area contributed by atoms with E-state index >= 15 is 0 Å². The maximum Gasteiger partial charge on any atom is 0.126 e. The molecule has 1 aromatic carbocycles. The van der Waals surface area contributed by atoms with Gasteiger partial charge in [0.25, 0.3) is 0 Å². The Morgan fingerprint density at radius 2 is 2.17 bits per heavy atom. The van der Waals surface area contributed by atoms with Crippen LogP contribution in [-0.4, -0.2) is 42.9 Å². The number of methoxy groups -OCH3 is 1. The lowest BCUT2D eigenvalue weighted by atomic mass is 9.81. The molecule has 0 amide bonds. The van der Waals surface area contributed by atoms with E-state index in [1.165, 1.54) is 5.57 Å². The van der Waals surface area contributed by atoms with Crippen LogP contribution in [0.2, 0.25) is 0 Å². The molecular formula is C15H19NO2. The van der Waals surface area contributed by atoms with E-state index in [2.05, 4.69) is 17.0 Å². The number of hydrogen-bond donors (Lipinski definition) is 1. The molecule has 0 saturated carbocycles. The maximum absolute atomic E-state index is 10.2. The zero-order valence-electron chi connectivity index (χ0n) is 10.7. The Balaban J connectivity index is 2.00. The van der Waals surface area contributed by atoms with Crippen LogP contribution in [0.5, 0.6) is 5.75 Å². The molecule has 96 valence electrons. The van der Waals surface area contributed by atoms with Gasteiger partial charge < -0.3 is 9.84 Å². The number of nitrogens with zero attached hydrogens (tertiary/aromatic N) is 1. The molecule has 1 N–H and O–H groups in total. The van der Waals surface area contributed by atoms with E-state index in [1.54, 1.807) is 7.11 Å². The Morgan fingerprint density at radius 1 is 1.33 bits per heavy atom. The van der Waals surface area contributed by atoms with Gasteiger partial charge in [-0.1, -0.05) is 24.3 Å². The van der Waals surface area contributed by atoms with Crippen LogP contribution in [0.4, 0.5) is 0 Å². The SMILES string of the molecule is COc1ccccc1C1=CCN2CC[C@@H](O)[C@@H]1C2. The van der Waals surface area contributed by atoms with Crippen LogP contribution in [0.25, 0.3) is 5.57 Å². The quantitative estimate of drug-likeness (QED) is 0.862. The monoisotopic (exact) mass is 245 g/mol. The van der Waals surface area contributed by atoms with Crippen LogP contribution in [0.3, 0.4) is 0 Å². The van der Waals surface area contributed by atoms with E-state index in [-0.39, 0.29) is 12.0 Å². The van der Waals surface area contributed by atoms with Gasteiger partial charge in [-0.15, -0.1) is 0 Å². The molecule has 2 aliphatic rings. The topological polar surface area (TPSA) is 32.7 Å². The number of rotatable bonds is 2. The highest BCUT2D eigenvalue weighted by molar-refractivity contribution is 5.73. The second-order valence-electron chi connectivity index (χ2n) is 5.08. The Hall–Kier alpha value is -1.32. The minimum absolute atomic E-state index is 0.224.